The smallest absolute Gasteiger partial charge is 0.0802 e. The average molecular weight is 320 g/mol. The Morgan fingerprint density at radius 3 is 2.39 bits per heavy atom. The van der Waals surface area contributed by atoms with Crippen molar-refractivity contribution in [3.05, 3.63) is 0 Å². The number of rotatable bonds is 9. The summed E-state index contributed by atoms with van der Waals surface area (Å²) < 4.78 is 5.85. The van der Waals surface area contributed by atoms with Crippen molar-refractivity contribution in [3.8, 4) is 0 Å². The van der Waals surface area contributed by atoms with Gasteiger partial charge in [0.25, 0.3) is 0 Å². The minimum absolute atomic E-state index is 0.387. The third kappa shape index (κ3) is 7.10. The first-order valence-corrected chi connectivity index (χ1v) is 8.82. The number of hydrogen-bond acceptors (Lipinski definition) is 2. The van der Waals surface area contributed by atoms with Gasteiger partial charge in [-0.25, -0.2) is 0 Å². The largest absolute Gasteiger partial charge is 0.372 e. The van der Waals surface area contributed by atoms with E-state index in [1.165, 1.54) is 51.5 Å². The molecule has 0 N–H and O–H groups in total. The van der Waals surface area contributed by atoms with Crippen LogP contribution in [0.1, 0.15) is 58.8 Å². The fourth-order valence-electron chi connectivity index (χ4n) is 2.70. The van der Waals surface area contributed by atoms with Crippen LogP contribution in [-0.4, -0.2) is 42.1 Å². The molecule has 2 atom stereocenters. The second-order valence-corrected chi connectivity index (χ2v) is 6.25. The maximum Gasteiger partial charge on any atom is 0.0802 e. The normalized spacial score (nSPS) is 25.5. The molecule has 0 bridgehead atoms. The molecule has 1 aliphatic heterocycles. The van der Waals surface area contributed by atoms with Gasteiger partial charge in [0.15, 0.2) is 0 Å². The van der Waals surface area contributed by atoms with Gasteiger partial charge in [-0.2, -0.15) is 0 Å². The highest BCUT2D eigenvalue weighted by atomic mass is 79.9. The highest BCUT2D eigenvalue weighted by molar-refractivity contribution is 9.09. The van der Waals surface area contributed by atoms with Gasteiger partial charge in [-0.05, 0) is 19.9 Å². The number of hydrogen-bond donors (Lipinski definition) is 0. The first kappa shape index (κ1) is 16.5. The van der Waals surface area contributed by atoms with Crippen molar-refractivity contribution in [2.45, 2.75) is 71.0 Å². The average Bonchev–Trinajstić information content (AvgIpc) is 2.37. The number of halogens is 1. The van der Waals surface area contributed by atoms with Gasteiger partial charge in [0, 0.05) is 18.4 Å². The Morgan fingerprint density at radius 2 is 1.72 bits per heavy atom. The van der Waals surface area contributed by atoms with E-state index >= 15 is 0 Å². The molecule has 0 saturated carbocycles. The maximum atomic E-state index is 5.85. The molecule has 0 amide bonds. The molecule has 1 fully saturated rings. The van der Waals surface area contributed by atoms with Crippen LogP contribution in [0.25, 0.3) is 0 Å². The highest BCUT2D eigenvalue weighted by Crippen LogP contribution is 2.14. The molecule has 18 heavy (non-hydrogen) atoms. The number of morpholine rings is 1. The van der Waals surface area contributed by atoms with E-state index in [9.17, 15) is 0 Å². The van der Waals surface area contributed by atoms with Crippen LogP contribution < -0.4 is 0 Å². The van der Waals surface area contributed by atoms with Gasteiger partial charge in [0.2, 0.25) is 0 Å². The van der Waals surface area contributed by atoms with Gasteiger partial charge >= 0.3 is 0 Å². The minimum Gasteiger partial charge on any atom is -0.372 e. The van der Waals surface area contributed by atoms with Gasteiger partial charge in [-0.15, -0.1) is 0 Å². The summed E-state index contributed by atoms with van der Waals surface area (Å²) in [6, 6.07) is 0. The van der Waals surface area contributed by atoms with Crippen molar-refractivity contribution >= 4 is 15.9 Å². The Morgan fingerprint density at radius 1 is 1.06 bits per heavy atom. The van der Waals surface area contributed by atoms with Crippen LogP contribution in [0.15, 0.2) is 0 Å². The predicted octanol–water partition coefficient (Wildman–Crippen LogP) is 4.22. The van der Waals surface area contributed by atoms with E-state index in [1.807, 2.05) is 0 Å². The van der Waals surface area contributed by atoms with Crippen LogP contribution in [0.4, 0.5) is 0 Å². The van der Waals surface area contributed by atoms with Gasteiger partial charge in [0.05, 0.1) is 12.2 Å². The lowest BCUT2D eigenvalue weighted by atomic mass is 10.1. The van der Waals surface area contributed by atoms with Crippen LogP contribution in [0.5, 0.6) is 0 Å². The van der Waals surface area contributed by atoms with E-state index < -0.39 is 0 Å². The fourth-order valence-corrected chi connectivity index (χ4v) is 3.06. The predicted molar refractivity (Wildman–Crippen MR) is 82.6 cm³/mol. The molecule has 0 spiro atoms. The summed E-state index contributed by atoms with van der Waals surface area (Å²) in [4.78, 5) is 2.58. The monoisotopic (exact) mass is 319 g/mol. The lowest BCUT2D eigenvalue weighted by Crippen LogP contribution is -2.47. The van der Waals surface area contributed by atoms with E-state index in [4.69, 9.17) is 4.74 Å². The molecule has 3 heteroatoms. The van der Waals surface area contributed by atoms with Gasteiger partial charge < -0.3 is 4.74 Å². The molecule has 108 valence electrons. The topological polar surface area (TPSA) is 12.5 Å². The Balaban J connectivity index is 2.00. The molecule has 0 aromatic heterocycles. The number of unbranched alkanes of at least 4 members (excludes halogenated alkanes) is 6. The van der Waals surface area contributed by atoms with Crippen LogP contribution in [-0.2, 0) is 4.74 Å². The molecule has 2 unspecified atom stereocenters. The van der Waals surface area contributed by atoms with E-state index in [2.05, 4.69) is 34.7 Å². The third-order valence-electron chi connectivity index (χ3n) is 3.65. The van der Waals surface area contributed by atoms with Crippen molar-refractivity contribution in [1.29, 1.82) is 0 Å². The summed E-state index contributed by atoms with van der Waals surface area (Å²) in [5.41, 5.74) is 0. The second kappa shape index (κ2) is 10.2. The molecule has 1 heterocycles. The molecule has 1 aliphatic rings. The lowest BCUT2D eigenvalue weighted by molar-refractivity contribution is -0.0654. The Kier molecular flexibility index (Phi) is 9.34. The van der Waals surface area contributed by atoms with E-state index in [0.717, 1.165) is 18.4 Å². The quantitative estimate of drug-likeness (QED) is 0.466. The van der Waals surface area contributed by atoms with Crippen molar-refractivity contribution < 1.29 is 4.74 Å². The van der Waals surface area contributed by atoms with E-state index in [1.54, 1.807) is 0 Å². The van der Waals surface area contributed by atoms with Crippen molar-refractivity contribution in [2.75, 3.05) is 25.0 Å². The third-order valence-corrected chi connectivity index (χ3v) is 4.37. The van der Waals surface area contributed by atoms with Crippen molar-refractivity contribution in [1.82, 2.24) is 4.90 Å². The van der Waals surface area contributed by atoms with Crippen molar-refractivity contribution in [3.63, 3.8) is 0 Å². The molecule has 2 nitrogen and oxygen atoms in total. The summed E-state index contributed by atoms with van der Waals surface area (Å²) in [6.07, 6.45) is 10.6. The highest BCUT2D eigenvalue weighted by Gasteiger charge is 2.23. The first-order chi connectivity index (χ1) is 8.76. The van der Waals surface area contributed by atoms with Crippen LogP contribution in [0.3, 0.4) is 0 Å². The second-order valence-electron chi connectivity index (χ2n) is 5.60. The van der Waals surface area contributed by atoms with Crippen LogP contribution >= 0.6 is 15.9 Å². The number of ether oxygens (including phenoxy) is 1. The summed E-state index contributed by atoms with van der Waals surface area (Å²) in [7, 11) is 0. The molecule has 0 radical (unpaired) electrons. The summed E-state index contributed by atoms with van der Waals surface area (Å²) in [5, 5.41) is 0.963. The molecular weight excluding hydrogens is 290 g/mol. The summed E-state index contributed by atoms with van der Waals surface area (Å²) in [5.74, 6) is 0. The van der Waals surface area contributed by atoms with E-state index in [-0.39, 0.29) is 0 Å². The molecule has 0 aliphatic carbocycles. The Hall–Kier alpha value is 0.400. The minimum atomic E-state index is 0.387. The summed E-state index contributed by atoms with van der Waals surface area (Å²) >= 11 is 3.53. The zero-order chi connectivity index (χ0) is 13.2. The van der Waals surface area contributed by atoms with Gasteiger partial charge in [-0.1, -0.05) is 61.4 Å². The Labute approximate surface area is 122 Å². The SMILES string of the molecule is CCCCCCCCCN1CC(C)OC(CBr)C1. The first-order valence-electron chi connectivity index (χ1n) is 7.70. The van der Waals surface area contributed by atoms with Gasteiger partial charge in [-0.3, -0.25) is 4.90 Å². The molecule has 0 aromatic rings. The van der Waals surface area contributed by atoms with Crippen LogP contribution in [0, 0.1) is 0 Å². The van der Waals surface area contributed by atoms with E-state index in [0.29, 0.717) is 12.2 Å². The molecule has 0 aromatic carbocycles. The number of alkyl halides is 1. The lowest BCUT2D eigenvalue weighted by Gasteiger charge is -2.36. The number of nitrogens with zero attached hydrogens (tertiary/aromatic N) is 1. The fraction of sp³-hybridized carbons (Fsp3) is 1.00. The zero-order valence-electron chi connectivity index (χ0n) is 12.2. The maximum absolute atomic E-state index is 5.85. The molecule has 1 saturated heterocycles. The van der Waals surface area contributed by atoms with Gasteiger partial charge in [0.1, 0.15) is 0 Å². The Bertz CT molecular complexity index is 201. The summed E-state index contributed by atoms with van der Waals surface area (Å²) in [6.45, 7) is 7.93. The molecular formula is C15H30BrNO. The molecule has 1 rings (SSSR count). The van der Waals surface area contributed by atoms with Crippen molar-refractivity contribution in [2.24, 2.45) is 0 Å². The zero-order valence-corrected chi connectivity index (χ0v) is 13.8. The standard InChI is InChI=1S/C15H30BrNO/c1-3-4-5-6-7-8-9-10-17-12-14(2)18-15(11-16)13-17/h14-15H,3-13H2,1-2H3. The van der Waals surface area contributed by atoms with Crippen LogP contribution in [0.2, 0.25) is 0 Å².